The topological polar surface area (TPSA) is 90.3 Å². The van der Waals surface area contributed by atoms with Crippen LogP contribution < -0.4 is 20.1 Å². The monoisotopic (exact) mass is 667 g/mol. The Morgan fingerprint density at radius 2 is 1.95 bits per heavy atom. The molecule has 1 aliphatic rings. The number of carbonyl (C=O) groups is 1. The van der Waals surface area contributed by atoms with Gasteiger partial charge in [-0.1, -0.05) is 53.7 Å². The second-order valence-electron chi connectivity index (χ2n) is 10.1. The third kappa shape index (κ3) is 6.45. The SMILES string of the molecule is COc1cc(C2C(C(=O)Nc3cccc(C)c3)=C(C)Nc3nc(SCc4ccccc4Cl)nn32)cc(Br)c1OC(C)C. The average Bonchev–Trinajstić information content (AvgIpc) is 3.34. The maximum atomic E-state index is 13.9. The Kier molecular flexibility index (Phi) is 9.15. The van der Waals surface area contributed by atoms with Gasteiger partial charge in [-0.3, -0.25) is 4.79 Å². The standard InChI is InChI=1S/C31H31BrClN5O3S/c1-17(2)41-28-23(32)14-21(15-25(28)40-5)27-26(29(39)35-22-11-8-9-18(3)13-22)19(4)34-30-36-31(37-38(27)30)42-16-20-10-6-7-12-24(20)33/h6-15,17,27H,16H2,1-5H3,(H,35,39)(H,34,36,37). The molecule has 5 rings (SSSR count). The molecule has 11 heteroatoms. The number of nitrogens with one attached hydrogen (secondary N) is 2. The van der Waals surface area contributed by atoms with Crippen LogP contribution in [0.1, 0.15) is 43.5 Å². The smallest absolute Gasteiger partial charge is 0.255 e. The van der Waals surface area contributed by atoms with Crippen molar-refractivity contribution in [3.05, 3.63) is 98.1 Å². The second kappa shape index (κ2) is 12.8. The van der Waals surface area contributed by atoms with Gasteiger partial charge in [0.1, 0.15) is 6.04 Å². The highest BCUT2D eigenvalue weighted by Gasteiger charge is 2.35. The molecule has 2 N–H and O–H groups in total. The molecular weight excluding hydrogens is 638 g/mol. The number of rotatable bonds is 9. The van der Waals surface area contributed by atoms with E-state index in [-0.39, 0.29) is 12.0 Å². The van der Waals surface area contributed by atoms with E-state index in [0.29, 0.717) is 54.8 Å². The average molecular weight is 669 g/mol. The first-order chi connectivity index (χ1) is 20.1. The van der Waals surface area contributed by atoms with E-state index >= 15 is 0 Å². The molecule has 1 aliphatic heterocycles. The van der Waals surface area contributed by atoms with Crippen molar-refractivity contribution >= 4 is 56.8 Å². The Labute approximate surface area is 263 Å². The van der Waals surface area contributed by atoms with Gasteiger partial charge in [0.05, 0.1) is 23.3 Å². The lowest BCUT2D eigenvalue weighted by Gasteiger charge is -2.29. The van der Waals surface area contributed by atoms with Crippen molar-refractivity contribution in [1.82, 2.24) is 14.8 Å². The van der Waals surface area contributed by atoms with Crippen LogP contribution in [0.3, 0.4) is 0 Å². The number of fused-ring (bicyclic) bond motifs is 1. The Morgan fingerprint density at radius 3 is 2.67 bits per heavy atom. The summed E-state index contributed by atoms with van der Waals surface area (Å²) in [6.07, 6.45) is -0.0580. The molecule has 0 aliphatic carbocycles. The molecule has 1 atom stereocenters. The summed E-state index contributed by atoms with van der Waals surface area (Å²) in [5.74, 6) is 2.01. The molecule has 0 saturated carbocycles. The van der Waals surface area contributed by atoms with Gasteiger partial charge in [0.15, 0.2) is 11.5 Å². The summed E-state index contributed by atoms with van der Waals surface area (Å²) in [6, 6.07) is 18.6. The number of carbonyl (C=O) groups excluding carboxylic acids is 1. The molecule has 1 unspecified atom stereocenters. The lowest BCUT2D eigenvalue weighted by Crippen LogP contribution is -2.31. The van der Waals surface area contributed by atoms with Gasteiger partial charge in [0, 0.05) is 22.2 Å². The van der Waals surface area contributed by atoms with E-state index in [9.17, 15) is 4.79 Å². The number of allylic oxidation sites excluding steroid dienone is 1. The van der Waals surface area contributed by atoms with Gasteiger partial charge < -0.3 is 20.1 Å². The zero-order valence-corrected chi connectivity index (χ0v) is 27.0. The van der Waals surface area contributed by atoms with Gasteiger partial charge in [0.25, 0.3) is 5.91 Å². The Morgan fingerprint density at radius 1 is 1.17 bits per heavy atom. The maximum Gasteiger partial charge on any atom is 0.255 e. The van der Waals surface area contributed by atoms with Crippen LogP contribution in [0.15, 0.2) is 81.6 Å². The number of aryl methyl sites for hydroxylation is 1. The molecule has 42 heavy (non-hydrogen) atoms. The van der Waals surface area contributed by atoms with E-state index in [1.165, 1.54) is 11.8 Å². The third-order valence-corrected chi connectivity index (χ3v) is 8.43. The number of methoxy groups -OCH3 is 1. The number of thioether (sulfide) groups is 1. The number of anilines is 2. The first-order valence-electron chi connectivity index (χ1n) is 13.4. The van der Waals surface area contributed by atoms with Crippen LogP contribution in [0.25, 0.3) is 0 Å². The van der Waals surface area contributed by atoms with Gasteiger partial charge >= 0.3 is 0 Å². The molecule has 8 nitrogen and oxygen atoms in total. The van der Waals surface area contributed by atoms with Crippen molar-refractivity contribution in [2.45, 2.75) is 50.8 Å². The van der Waals surface area contributed by atoms with Crippen LogP contribution in [-0.2, 0) is 10.5 Å². The molecule has 0 fully saturated rings. The predicted molar refractivity (Wildman–Crippen MR) is 172 cm³/mol. The molecule has 1 amide bonds. The highest BCUT2D eigenvalue weighted by molar-refractivity contribution is 9.10. The molecule has 218 valence electrons. The lowest BCUT2D eigenvalue weighted by molar-refractivity contribution is -0.113. The van der Waals surface area contributed by atoms with Crippen molar-refractivity contribution in [3.63, 3.8) is 0 Å². The predicted octanol–water partition coefficient (Wildman–Crippen LogP) is 8.02. The van der Waals surface area contributed by atoms with Crippen LogP contribution >= 0.6 is 39.3 Å². The van der Waals surface area contributed by atoms with Crippen LogP contribution in [0, 0.1) is 6.92 Å². The number of nitrogens with zero attached hydrogens (tertiary/aromatic N) is 3. The van der Waals surface area contributed by atoms with E-state index in [2.05, 4.69) is 26.6 Å². The maximum absolute atomic E-state index is 13.9. The van der Waals surface area contributed by atoms with E-state index in [0.717, 1.165) is 16.7 Å². The van der Waals surface area contributed by atoms with Crippen LogP contribution in [0.5, 0.6) is 11.5 Å². The number of ether oxygens (including phenoxy) is 2. The summed E-state index contributed by atoms with van der Waals surface area (Å²) in [5.41, 5.74) is 4.69. The van der Waals surface area contributed by atoms with E-state index in [4.69, 9.17) is 31.2 Å². The van der Waals surface area contributed by atoms with Gasteiger partial charge in [0.2, 0.25) is 11.1 Å². The normalized spacial score (nSPS) is 14.4. The minimum atomic E-state index is -0.605. The summed E-state index contributed by atoms with van der Waals surface area (Å²) in [4.78, 5) is 18.7. The molecule has 1 aromatic heterocycles. The van der Waals surface area contributed by atoms with Crippen molar-refractivity contribution in [2.75, 3.05) is 17.7 Å². The van der Waals surface area contributed by atoms with E-state index < -0.39 is 6.04 Å². The van der Waals surface area contributed by atoms with Crippen molar-refractivity contribution in [2.24, 2.45) is 0 Å². The summed E-state index contributed by atoms with van der Waals surface area (Å²) in [6.45, 7) is 7.76. The fourth-order valence-electron chi connectivity index (χ4n) is 4.72. The second-order valence-corrected chi connectivity index (χ2v) is 12.3. The minimum Gasteiger partial charge on any atom is -0.493 e. The number of aromatic nitrogens is 3. The van der Waals surface area contributed by atoms with E-state index in [1.807, 2.05) is 88.4 Å². The highest BCUT2D eigenvalue weighted by Crippen LogP contribution is 2.43. The molecule has 0 saturated heterocycles. The first kappa shape index (κ1) is 30.0. The quantitative estimate of drug-likeness (QED) is 0.175. The molecule has 4 aromatic rings. The highest BCUT2D eigenvalue weighted by atomic mass is 79.9. The van der Waals surface area contributed by atoms with Gasteiger partial charge in [-0.15, -0.1) is 5.10 Å². The molecule has 0 radical (unpaired) electrons. The Balaban J connectivity index is 1.57. The summed E-state index contributed by atoms with van der Waals surface area (Å²) in [5, 5.41) is 12.5. The summed E-state index contributed by atoms with van der Waals surface area (Å²) < 4.78 is 14.2. The summed E-state index contributed by atoms with van der Waals surface area (Å²) >= 11 is 11.5. The van der Waals surface area contributed by atoms with Crippen LogP contribution in [0.4, 0.5) is 11.6 Å². The molecular formula is C31H31BrClN5O3S. The zero-order valence-electron chi connectivity index (χ0n) is 23.9. The summed E-state index contributed by atoms with van der Waals surface area (Å²) in [7, 11) is 1.60. The largest absolute Gasteiger partial charge is 0.493 e. The Hall–Kier alpha value is -3.47. The molecule has 0 spiro atoms. The zero-order chi connectivity index (χ0) is 30.0. The Bertz CT molecular complexity index is 1670. The van der Waals surface area contributed by atoms with E-state index in [1.54, 1.807) is 11.8 Å². The molecule has 3 aromatic carbocycles. The van der Waals surface area contributed by atoms with Crippen molar-refractivity contribution in [3.8, 4) is 11.5 Å². The van der Waals surface area contributed by atoms with Gasteiger partial charge in [-0.2, -0.15) is 4.98 Å². The number of hydrogen-bond acceptors (Lipinski definition) is 7. The number of amides is 1. The van der Waals surface area contributed by atoms with Gasteiger partial charge in [-0.05, 0) is 90.6 Å². The minimum absolute atomic E-state index is 0.0580. The number of halogens is 2. The first-order valence-corrected chi connectivity index (χ1v) is 15.5. The molecule has 0 bridgehead atoms. The van der Waals surface area contributed by atoms with Crippen LogP contribution in [0.2, 0.25) is 5.02 Å². The van der Waals surface area contributed by atoms with Crippen molar-refractivity contribution < 1.29 is 14.3 Å². The number of hydrogen-bond donors (Lipinski definition) is 2. The molecule has 2 heterocycles. The fraction of sp³-hybridized carbons (Fsp3) is 0.258. The number of benzene rings is 3. The lowest BCUT2D eigenvalue weighted by atomic mass is 9.94. The van der Waals surface area contributed by atoms with Gasteiger partial charge in [-0.25, -0.2) is 4.68 Å². The third-order valence-electron chi connectivity index (χ3n) is 6.59. The van der Waals surface area contributed by atoms with Crippen molar-refractivity contribution in [1.29, 1.82) is 0 Å². The fourth-order valence-corrected chi connectivity index (χ4v) is 6.39. The van der Waals surface area contributed by atoms with Crippen LogP contribution in [-0.4, -0.2) is 33.9 Å².